The first-order valence-corrected chi connectivity index (χ1v) is 6.05. The van der Waals surface area contributed by atoms with Gasteiger partial charge in [-0.1, -0.05) is 18.2 Å². The number of aromatic nitrogens is 1. The second-order valence-electron chi connectivity index (χ2n) is 4.48. The number of carboxylic acid groups (broad SMARTS) is 2. The van der Waals surface area contributed by atoms with Gasteiger partial charge < -0.3 is 15.5 Å². The van der Waals surface area contributed by atoms with Gasteiger partial charge in [-0.3, -0.25) is 4.79 Å². The van der Waals surface area contributed by atoms with Crippen molar-refractivity contribution in [1.29, 1.82) is 0 Å². The minimum Gasteiger partial charge on any atom is -0.481 e. The molecule has 20 heavy (non-hydrogen) atoms. The molecule has 6 heteroatoms. The van der Waals surface area contributed by atoms with E-state index in [0.717, 1.165) is 16.5 Å². The van der Waals surface area contributed by atoms with Crippen molar-refractivity contribution in [1.82, 2.24) is 4.98 Å². The lowest BCUT2D eigenvalue weighted by Crippen LogP contribution is -2.32. The van der Waals surface area contributed by atoms with Crippen LogP contribution in [0.2, 0.25) is 0 Å². The van der Waals surface area contributed by atoms with E-state index in [0.29, 0.717) is 5.82 Å². The normalized spacial score (nSPS) is 12.1. The summed E-state index contributed by atoms with van der Waals surface area (Å²) >= 11 is 0. The van der Waals surface area contributed by atoms with Crippen molar-refractivity contribution in [3.8, 4) is 0 Å². The Bertz CT molecular complexity index is 669. The number of aliphatic carboxylic acids is 2. The fraction of sp³-hybridized carbons (Fsp3) is 0.214. The van der Waals surface area contributed by atoms with E-state index in [-0.39, 0.29) is 0 Å². The van der Waals surface area contributed by atoms with Crippen LogP contribution in [-0.4, -0.2) is 33.2 Å². The van der Waals surface area contributed by atoms with Crippen LogP contribution in [0.15, 0.2) is 30.3 Å². The lowest BCUT2D eigenvalue weighted by Gasteiger charge is -2.15. The summed E-state index contributed by atoms with van der Waals surface area (Å²) in [4.78, 5) is 26.1. The lowest BCUT2D eigenvalue weighted by molar-refractivity contribution is -0.144. The summed E-state index contributed by atoms with van der Waals surface area (Å²) in [5.74, 6) is -2.01. The molecule has 1 unspecified atom stereocenters. The second-order valence-corrected chi connectivity index (χ2v) is 4.48. The minimum absolute atomic E-state index is 0.386. The molecule has 104 valence electrons. The SMILES string of the molecule is Cc1cc2ccccc2nc1NC(CC(=O)O)C(=O)O. The number of rotatable bonds is 5. The van der Waals surface area contributed by atoms with Gasteiger partial charge in [-0.25, -0.2) is 9.78 Å². The Labute approximate surface area is 115 Å². The van der Waals surface area contributed by atoms with Crippen molar-refractivity contribution < 1.29 is 19.8 Å². The fourth-order valence-corrected chi connectivity index (χ4v) is 1.91. The maximum Gasteiger partial charge on any atom is 0.326 e. The molecule has 0 bridgehead atoms. The van der Waals surface area contributed by atoms with Crippen LogP contribution < -0.4 is 5.32 Å². The fourth-order valence-electron chi connectivity index (χ4n) is 1.91. The molecule has 1 aromatic heterocycles. The standard InChI is InChI=1S/C14H14N2O4/c1-8-6-9-4-2-3-5-10(9)15-13(8)16-11(14(19)20)7-12(17)18/h2-6,11H,7H2,1H3,(H,15,16)(H,17,18)(H,19,20). The maximum absolute atomic E-state index is 11.1. The van der Waals surface area contributed by atoms with E-state index in [1.165, 1.54) is 0 Å². The zero-order chi connectivity index (χ0) is 14.7. The summed E-state index contributed by atoms with van der Waals surface area (Å²) in [5, 5.41) is 21.4. The Morgan fingerprint density at radius 3 is 2.65 bits per heavy atom. The topological polar surface area (TPSA) is 99.5 Å². The third-order valence-electron chi connectivity index (χ3n) is 2.90. The Kier molecular flexibility index (Phi) is 3.84. The van der Waals surface area contributed by atoms with Gasteiger partial charge >= 0.3 is 11.9 Å². The van der Waals surface area contributed by atoms with Gasteiger partial charge in [0.25, 0.3) is 0 Å². The van der Waals surface area contributed by atoms with Gasteiger partial charge in [0.05, 0.1) is 11.9 Å². The first-order valence-electron chi connectivity index (χ1n) is 6.05. The Balaban J connectivity index is 2.34. The van der Waals surface area contributed by atoms with Gasteiger partial charge in [-0.2, -0.15) is 0 Å². The number of carbonyl (C=O) groups is 2. The summed E-state index contributed by atoms with van der Waals surface area (Å²) in [7, 11) is 0. The molecule has 0 aliphatic rings. The molecule has 0 aliphatic heterocycles. The number of hydrogen-bond acceptors (Lipinski definition) is 4. The molecule has 0 saturated heterocycles. The van der Waals surface area contributed by atoms with Crippen LogP contribution >= 0.6 is 0 Å². The van der Waals surface area contributed by atoms with Gasteiger partial charge in [-0.15, -0.1) is 0 Å². The molecule has 2 rings (SSSR count). The zero-order valence-electron chi connectivity index (χ0n) is 10.8. The minimum atomic E-state index is -1.22. The molecule has 1 atom stereocenters. The molecule has 6 nitrogen and oxygen atoms in total. The third-order valence-corrected chi connectivity index (χ3v) is 2.90. The number of nitrogens with one attached hydrogen (secondary N) is 1. The Morgan fingerprint density at radius 1 is 1.30 bits per heavy atom. The summed E-state index contributed by atoms with van der Waals surface area (Å²) in [5.41, 5.74) is 1.49. The van der Waals surface area contributed by atoms with Crippen LogP contribution in [0, 0.1) is 6.92 Å². The van der Waals surface area contributed by atoms with Crippen LogP contribution in [0.3, 0.4) is 0 Å². The van der Waals surface area contributed by atoms with Crippen molar-refractivity contribution in [2.45, 2.75) is 19.4 Å². The van der Waals surface area contributed by atoms with Crippen LogP contribution in [-0.2, 0) is 9.59 Å². The maximum atomic E-state index is 11.1. The lowest BCUT2D eigenvalue weighted by atomic mass is 10.1. The van der Waals surface area contributed by atoms with E-state index in [1.54, 1.807) is 6.92 Å². The van der Waals surface area contributed by atoms with Gasteiger partial charge in [0.15, 0.2) is 0 Å². The van der Waals surface area contributed by atoms with Crippen LogP contribution in [0.4, 0.5) is 5.82 Å². The molecule has 2 aromatic rings. The van der Waals surface area contributed by atoms with Crippen molar-refractivity contribution in [3.63, 3.8) is 0 Å². The number of aryl methyl sites for hydroxylation is 1. The largest absolute Gasteiger partial charge is 0.481 e. The predicted molar refractivity (Wildman–Crippen MR) is 73.8 cm³/mol. The summed E-state index contributed by atoms with van der Waals surface area (Å²) in [6.45, 7) is 1.79. The van der Waals surface area contributed by atoms with Gasteiger partial charge in [-0.05, 0) is 24.6 Å². The predicted octanol–water partition coefficient (Wildman–Crippen LogP) is 1.88. The molecule has 1 aromatic carbocycles. The van der Waals surface area contributed by atoms with E-state index in [1.807, 2.05) is 30.3 Å². The van der Waals surface area contributed by atoms with E-state index < -0.39 is 24.4 Å². The third kappa shape index (κ3) is 3.03. The molecule has 0 fully saturated rings. The molecule has 0 aliphatic carbocycles. The monoisotopic (exact) mass is 274 g/mol. The number of benzene rings is 1. The molecule has 1 heterocycles. The van der Waals surface area contributed by atoms with Crippen LogP contribution in [0.5, 0.6) is 0 Å². The van der Waals surface area contributed by atoms with E-state index in [9.17, 15) is 9.59 Å². The average molecular weight is 274 g/mol. The highest BCUT2D eigenvalue weighted by atomic mass is 16.4. The average Bonchev–Trinajstić information content (AvgIpc) is 2.38. The molecular formula is C14H14N2O4. The van der Waals surface area contributed by atoms with Crippen LogP contribution in [0.1, 0.15) is 12.0 Å². The first kappa shape index (κ1) is 13.8. The van der Waals surface area contributed by atoms with Crippen molar-refractivity contribution in [3.05, 3.63) is 35.9 Å². The quantitative estimate of drug-likeness (QED) is 0.769. The summed E-state index contributed by atoms with van der Waals surface area (Å²) < 4.78 is 0. The van der Waals surface area contributed by atoms with Gasteiger partial charge in [0.1, 0.15) is 11.9 Å². The van der Waals surface area contributed by atoms with E-state index in [2.05, 4.69) is 10.3 Å². The Morgan fingerprint density at radius 2 is 2.00 bits per heavy atom. The molecule has 0 amide bonds. The van der Waals surface area contributed by atoms with E-state index >= 15 is 0 Å². The highest BCUT2D eigenvalue weighted by molar-refractivity contribution is 5.85. The summed E-state index contributed by atoms with van der Waals surface area (Å²) in [6, 6.07) is 8.11. The first-order chi connectivity index (χ1) is 9.47. The smallest absolute Gasteiger partial charge is 0.326 e. The highest BCUT2D eigenvalue weighted by Crippen LogP contribution is 2.20. The molecule has 3 N–H and O–H groups in total. The second kappa shape index (κ2) is 5.56. The number of carboxylic acids is 2. The molecule has 0 radical (unpaired) electrons. The zero-order valence-corrected chi connectivity index (χ0v) is 10.8. The van der Waals surface area contributed by atoms with Crippen molar-refractivity contribution in [2.75, 3.05) is 5.32 Å². The molecule has 0 spiro atoms. The summed E-state index contributed by atoms with van der Waals surface area (Å²) in [6.07, 6.45) is -0.511. The van der Waals surface area contributed by atoms with Crippen molar-refractivity contribution in [2.24, 2.45) is 0 Å². The van der Waals surface area contributed by atoms with Crippen LogP contribution in [0.25, 0.3) is 10.9 Å². The van der Waals surface area contributed by atoms with E-state index in [4.69, 9.17) is 10.2 Å². The van der Waals surface area contributed by atoms with Crippen molar-refractivity contribution >= 4 is 28.7 Å². The Hall–Kier alpha value is -2.63. The number of para-hydroxylation sites is 1. The number of anilines is 1. The number of pyridine rings is 1. The number of hydrogen-bond donors (Lipinski definition) is 3. The highest BCUT2D eigenvalue weighted by Gasteiger charge is 2.22. The molecular weight excluding hydrogens is 260 g/mol. The van der Waals surface area contributed by atoms with Gasteiger partial charge in [0.2, 0.25) is 0 Å². The number of nitrogens with zero attached hydrogens (tertiary/aromatic N) is 1. The van der Waals surface area contributed by atoms with Gasteiger partial charge in [0, 0.05) is 5.39 Å². The molecule has 0 saturated carbocycles. The number of fused-ring (bicyclic) bond motifs is 1.